The summed E-state index contributed by atoms with van der Waals surface area (Å²) >= 11 is 0. The first kappa shape index (κ1) is 20.1. The van der Waals surface area contributed by atoms with Crippen molar-refractivity contribution < 1.29 is 0 Å². The van der Waals surface area contributed by atoms with Gasteiger partial charge in [-0.25, -0.2) is 19.6 Å². The SMILES string of the molecule is Cc1ncn(-c2ccc(Nc3nccc(-c4cc(C#N)cc(-c5ccccc5)c4)n3)cc2)n1. The van der Waals surface area contributed by atoms with Gasteiger partial charge in [-0.1, -0.05) is 30.3 Å². The summed E-state index contributed by atoms with van der Waals surface area (Å²) in [6.07, 6.45) is 3.39. The minimum absolute atomic E-state index is 0.473. The van der Waals surface area contributed by atoms with Crippen LogP contribution in [0.4, 0.5) is 11.6 Å². The van der Waals surface area contributed by atoms with Crippen LogP contribution in [0.5, 0.6) is 0 Å². The minimum Gasteiger partial charge on any atom is -0.324 e. The van der Waals surface area contributed by atoms with Gasteiger partial charge >= 0.3 is 0 Å². The van der Waals surface area contributed by atoms with Crippen LogP contribution in [0.1, 0.15) is 11.4 Å². The predicted molar refractivity (Wildman–Crippen MR) is 127 cm³/mol. The van der Waals surface area contributed by atoms with E-state index in [9.17, 15) is 5.26 Å². The molecule has 7 heteroatoms. The summed E-state index contributed by atoms with van der Waals surface area (Å²) in [5.74, 6) is 1.19. The van der Waals surface area contributed by atoms with Crippen LogP contribution in [0.25, 0.3) is 28.1 Å². The minimum atomic E-state index is 0.473. The van der Waals surface area contributed by atoms with E-state index in [1.165, 1.54) is 0 Å². The van der Waals surface area contributed by atoms with E-state index in [-0.39, 0.29) is 0 Å². The third kappa shape index (κ3) is 4.45. The third-order valence-corrected chi connectivity index (χ3v) is 5.11. The van der Waals surface area contributed by atoms with Crippen molar-refractivity contribution in [3.8, 4) is 34.1 Å². The van der Waals surface area contributed by atoms with E-state index in [2.05, 4.69) is 31.4 Å². The first-order valence-electron chi connectivity index (χ1n) is 10.4. The van der Waals surface area contributed by atoms with Crippen LogP contribution in [0.2, 0.25) is 0 Å². The van der Waals surface area contributed by atoms with Gasteiger partial charge in [0.1, 0.15) is 12.2 Å². The Morgan fingerprint density at radius 1 is 0.848 bits per heavy atom. The highest BCUT2D eigenvalue weighted by Crippen LogP contribution is 2.28. The van der Waals surface area contributed by atoms with Crippen molar-refractivity contribution >= 4 is 11.6 Å². The molecule has 0 radical (unpaired) electrons. The fraction of sp³-hybridized carbons (Fsp3) is 0.0385. The molecule has 0 aliphatic rings. The van der Waals surface area contributed by atoms with Crippen molar-refractivity contribution in [2.45, 2.75) is 6.92 Å². The molecule has 158 valence electrons. The molecule has 0 unspecified atom stereocenters. The van der Waals surface area contributed by atoms with E-state index in [1.54, 1.807) is 17.2 Å². The Morgan fingerprint density at radius 3 is 2.36 bits per heavy atom. The summed E-state index contributed by atoms with van der Waals surface area (Å²) < 4.78 is 1.72. The van der Waals surface area contributed by atoms with Crippen LogP contribution in [-0.2, 0) is 0 Å². The zero-order valence-electron chi connectivity index (χ0n) is 17.8. The number of nitrogens with one attached hydrogen (secondary N) is 1. The Morgan fingerprint density at radius 2 is 1.64 bits per heavy atom. The molecule has 5 rings (SSSR count). The van der Waals surface area contributed by atoms with Crippen LogP contribution >= 0.6 is 0 Å². The molecule has 2 heterocycles. The summed E-state index contributed by atoms with van der Waals surface area (Å²) in [7, 11) is 0. The molecular weight excluding hydrogens is 410 g/mol. The lowest BCUT2D eigenvalue weighted by Crippen LogP contribution is -1.99. The molecule has 0 aliphatic carbocycles. The molecule has 33 heavy (non-hydrogen) atoms. The number of nitriles is 1. The molecule has 3 aromatic carbocycles. The second kappa shape index (κ2) is 8.73. The fourth-order valence-corrected chi connectivity index (χ4v) is 3.51. The van der Waals surface area contributed by atoms with Crippen LogP contribution in [-0.4, -0.2) is 24.7 Å². The zero-order chi connectivity index (χ0) is 22.6. The van der Waals surface area contributed by atoms with Gasteiger partial charge in [-0.3, -0.25) is 0 Å². The Bertz CT molecular complexity index is 1450. The predicted octanol–water partition coefficient (Wildman–Crippen LogP) is 5.32. The van der Waals surface area contributed by atoms with E-state index in [1.807, 2.05) is 85.8 Å². The van der Waals surface area contributed by atoms with Gasteiger partial charge in [0.15, 0.2) is 0 Å². The van der Waals surface area contributed by atoms with E-state index in [4.69, 9.17) is 0 Å². The molecule has 2 aromatic heterocycles. The molecule has 5 aromatic rings. The molecule has 0 saturated carbocycles. The van der Waals surface area contributed by atoms with E-state index in [0.29, 0.717) is 11.5 Å². The number of aryl methyl sites for hydroxylation is 1. The van der Waals surface area contributed by atoms with Crippen molar-refractivity contribution in [3.05, 3.63) is 103 Å². The number of hydrogen-bond acceptors (Lipinski definition) is 6. The van der Waals surface area contributed by atoms with Crippen molar-refractivity contribution in [1.82, 2.24) is 24.7 Å². The van der Waals surface area contributed by atoms with E-state index in [0.717, 1.165) is 39.6 Å². The Kier molecular flexibility index (Phi) is 5.32. The molecule has 0 atom stereocenters. The highest BCUT2D eigenvalue weighted by molar-refractivity contribution is 5.74. The number of benzene rings is 3. The zero-order valence-corrected chi connectivity index (χ0v) is 17.8. The first-order chi connectivity index (χ1) is 16.2. The van der Waals surface area contributed by atoms with Gasteiger partial charge in [-0.05, 0) is 66.6 Å². The summed E-state index contributed by atoms with van der Waals surface area (Å²) in [6, 6.07) is 27.6. The lowest BCUT2D eigenvalue weighted by molar-refractivity contribution is 0.863. The first-order valence-corrected chi connectivity index (χ1v) is 10.4. The molecule has 0 saturated heterocycles. The monoisotopic (exact) mass is 429 g/mol. The standard InChI is InChI=1S/C26H19N7/c1-18-29-17-33(32-18)24-9-7-23(8-10-24)30-26-28-12-11-25(31-26)22-14-19(16-27)13-21(15-22)20-5-3-2-4-6-20/h2-15,17H,1H3,(H,28,30,31). The van der Waals surface area contributed by atoms with Gasteiger partial charge in [0.25, 0.3) is 0 Å². The van der Waals surface area contributed by atoms with Gasteiger partial charge in [0, 0.05) is 17.4 Å². The molecule has 0 fully saturated rings. The highest BCUT2D eigenvalue weighted by atomic mass is 15.3. The molecule has 0 bridgehead atoms. The van der Waals surface area contributed by atoms with Crippen LogP contribution < -0.4 is 5.32 Å². The van der Waals surface area contributed by atoms with Crippen molar-refractivity contribution in [3.63, 3.8) is 0 Å². The molecule has 1 N–H and O–H groups in total. The number of rotatable bonds is 5. The summed E-state index contributed by atoms with van der Waals surface area (Å²) in [5.41, 5.74) is 5.95. The molecule has 0 amide bonds. The van der Waals surface area contributed by atoms with Gasteiger partial charge in [0.05, 0.1) is 23.0 Å². The summed E-state index contributed by atoms with van der Waals surface area (Å²) in [6.45, 7) is 1.85. The average molecular weight is 429 g/mol. The largest absolute Gasteiger partial charge is 0.324 e. The van der Waals surface area contributed by atoms with Gasteiger partial charge in [-0.2, -0.15) is 10.4 Å². The van der Waals surface area contributed by atoms with Gasteiger partial charge in [-0.15, -0.1) is 0 Å². The number of aromatic nitrogens is 5. The molecular formula is C26H19N7. The van der Waals surface area contributed by atoms with Crippen LogP contribution in [0.15, 0.2) is 91.4 Å². The Labute approximate surface area is 191 Å². The van der Waals surface area contributed by atoms with Crippen LogP contribution in [0, 0.1) is 18.3 Å². The average Bonchev–Trinajstić information content (AvgIpc) is 3.31. The fourth-order valence-electron chi connectivity index (χ4n) is 3.51. The maximum Gasteiger partial charge on any atom is 0.227 e. The second-order valence-electron chi connectivity index (χ2n) is 7.45. The van der Waals surface area contributed by atoms with E-state index >= 15 is 0 Å². The summed E-state index contributed by atoms with van der Waals surface area (Å²) in [5, 5.41) is 17.1. The van der Waals surface area contributed by atoms with Crippen molar-refractivity contribution in [1.29, 1.82) is 5.26 Å². The molecule has 0 spiro atoms. The van der Waals surface area contributed by atoms with Crippen molar-refractivity contribution in [2.75, 3.05) is 5.32 Å². The van der Waals surface area contributed by atoms with E-state index < -0.39 is 0 Å². The quantitative estimate of drug-likeness (QED) is 0.407. The third-order valence-electron chi connectivity index (χ3n) is 5.11. The maximum atomic E-state index is 9.53. The van der Waals surface area contributed by atoms with Gasteiger partial charge in [0.2, 0.25) is 5.95 Å². The lowest BCUT2D eigenvalue weighted by atomic mass is 9.99. The number of hydrogen-bond donors (Lipinski definition) is 1. The second-order valence-corrected chi connectivity index (χ2v) is 7.45. The summed E-state index contributed by atoms with van der Waals surface area (Å²) in [4.78, 5) is 13.2. The Hall–Kier alpha value is -4.83. The van der Waals surface area contributed by atoms with Crippen molar-refractivity contribution in [2.24, 2.45) is 0 Å². The maximum absolute atomic E-state index is 9.53. The number of nitrogens with zero attached hydrogens (tertiary/aromatic N) is 6. The molecule has 7 nitrogen and oxygen atoms in total. The van der Waals surface area contributed by atoms with Gasteiger partial charge < -0.3 is 5.32 Å². The Balaban J connectivity index is 1.42. The normalized spacial score (nSPS) is 10.5. The van der Waals surface area contributed by atoms with Crippen LogP contribution in [0.3, 0.4) is 0 Å². The number of anilines is 2. The lowest BCUT2D eigenvalue weighted by Gasteiger charge is -2.09. The highest BCUT2D eigenvalue weighted by Gasteiger charge is 2.08. The topological polar surface area (TPSA) is 92.3 Å². The smallest absolute Gasteiger partial charge is 0.227 e. The molecule has 0 aliphatic heterocycles.